The van der Waals surface area contributed by atoms with E-state index in [4.69, 9.17) is 4.74 Å². The SMILES string of the molecule is CCN(C)CCc1[nH]nc2c(F)cc(OC)cc12. The van der Waals surface area contributed by atoms with Gasteiger partial charge in [0.15, 0.2) is 5.82 Å². The molecule has 0 atom stereocenters. The van der Waals surface area contributed by atoms with Crippen molar-refractivity contribution >= 4 is 10.9 Å². The Bertz CT molecular complexity index is 538. The summed E-state index contributed by atoms with van der Waals surface area (Å²) in [6.45, 7) is 4.00. The number of rotatable bonds is 5. The minimum Gasteiger partial charge on any atom is -0.497 e. The molecule has 0 radical (unpaired) electrons. The molecule has 4 nitrogen and oxygen atoms in total. The zero-order valence-electron chi connectivity index (χ0n) is 11.0. The van der Waals surface area contributed by atoms with Crippen LogP contribution in [0.1, 0.15) is 12.6 Å². The summed E-state index contributed by atoms with van der Waals surface area (Å²) in [5, 5.41) is 7.74. The molecule has 0 aliphatic heterocycles. The maximum Gasteiger partial charge on any atom is 0.154 e. The second-order valence-corrected chi connectivity index (χ2v) is 4.35. The van der Waals surface area contributed by atoms with Gasteiger partial charge in [0, 0.05) is 30.1 Å². The third-order valence-corrected chi connectivity index (χ3v) is 3.18. The minimum absolute atomic E-state index is 0.351. The monoisotopic (exact) mass is 251 g/mol. The Balaban J connectivity index is 2.31. The van der Waals surface area contributed by atoms with Crippen LogP contribution in [-0.2, 0) is 6.42 Å². The Kier molecular flexibility index (Phi) is 3.81. The number of aromatic nitrogens is 2. The zero-order valence-corrected chi connectivity index (χ0v) is 11.0. The fraction of sp³-hybridized carbons (Fsp3) is 0.462. The van der Waals surface area contributed by atoms with Gasteiger partial charge in [0.2, 0.25) is 0 Å². The molecule has 0 fully saturated rings. The first kappa shape index (κ1) is 12.8. The van der Waals surface area contributed by atoms with Crippen LogP contribution in [0.3, 0.4) is 0 Å². The van der Waals surface area contributed by atoms with Crippen molar-refractivity contribution in [2.45, 2.75) is 13.3 Å². The Morgan fingerprint density at radius 1 is 1.44 bits per heavy atom. The summed E-state index contributed by atoms with van der Waals surface area (Å²) in [6.07, 6.45) is 0.813. The summed E-state index contributed by atoms with van der Waals surface area (Å²) < 4.78 is 18.8. The number of nitrogens with one attached hydrogen (secondary N) is 1. The molecule has 0 aliphatic rings. The van der Waals surface area contributed by atoms with E-state index in [1.807, 2.05) is 6.07 Å². The molecule has 1 aromatic heterocycles. The molecular weight excluding hydrogens is 233 g/mol. The highest BCUT2D eigenvalue weighted by Gasteiger charge is 2.12. The molecule has 1 heterocycles. The quantitative estimate of drug-likeness (QED) is 0.885. The summed E-state index contributed by atoms with van der Waals surface area (Å²) in [7, 11) is 3.59. The molecule has 0 bridgehead atoms. The lowest BCUT2D eigenvalue weighted by Crippen LogP contribution is -2.20. The van der Waals surface area contributed by atoms with E-state index in [0.717, 1.165) is 30.6 Å². The van der Waals surface area contributed by atoms with Gasteiger partial charge in [0.05, 0.1) is 7.11 Å². The maximum atomic E-state index is 13.7. The summed E-state index contributed by atoms with van der Waals surface area (Å²) in [5.41, 5.74) is 1.33. The van der Waals surface area contributed by atoms with Gasteiger partial charge in [-0.2, -0.15) is 5.10 Å². The number of nitrogens with zero attached hydrogens (tertiary/aromatic N) is 2. The van der Waals surface area contributed by atoms with Gasteiger partial charge in [-0.25, -0.2) is 4.39 Å². The van der Waals surface area contributed by atoms with Gasteiger partial charge in [0.1, 0.15) is 11.3 Å². The molecule has 2 aromatic rings. The fourth-order valence-electron chi connectivity index (χ4n) is 1.87. The molecule has 1 aromatic carbocycles. The molecule has 0 unspecified atom stereocenters. The molecule has 0 aliphatic carbocycles. The lowest BCUT2D eigenvalue weighted by Gasteiger charge is -2.12. The van der Waals surface area contributed by atoms with Crippen molar-refractivity contribution in [2.75, 3.05) is 27.2 Å². The number of aromatic amines is 1. The number of halogens is 1. The first-order valence-corrected chi connectivity index (χ1v) is 6.04. The number of hydrogen-bond acceptors (Lipinski definition) is 3. The van der Waals surface area contributed by atoms with Crippen LogP contribution in [0.4, 0.5) is 4.39 Å². The van der Waals surface area contributed by atoms with Gasteiger partial charge in [-0.05, 0) is 19.7 Å². The van der Waals surface area contributed by atoms with Crippen molar-refractivity contribution in [3.05, 3.63) is 23.6 Å². The van der Waals surface area contributed by atoms with Crippen molar-refractivity contribution in [2.24, 2.45) is 0 Å². The number of H-pyrrole nitrogens is 1. The van der Waals surface area contributed by atoms with E-state index >= 15 is 0 Å². The number of benzene rings is 1. The van der Waals surface area contributed by atoms with Crippen LogP contribution >= 0.6 is 0 Å². The van der Waals surface area contributed by atoms with Gasteiger partial charge < -0.3 is 9.64 Å². The van der Waals surface area contributed by atoms with Crippen LogP contribution in [0.15, 0.2) is 12.1 Å². The van der Waals surface area contributed by atoms with E-state index in [2.05, 4.69) is 29.1 Å². The summed E-state index contributed by atoms with van der Waals surface area (Å²) in [4.78, 5) is 2.20. The molecular formula is C13H18FN3O. The second-order valence-electron chi connectivity index (χ2n) is 4.35. The van der Waals surface area contributed by atoms with Crippen LogP contribution in [0.25, 0.3) is 10.9 Å². The highest BCUT2D eigenvalue weighted by molar-refractivity contribution is 5.83. The van der Waals surface area contributed by atoms with Crippen LogP contribution in [0.2, 0.25) is 0 Å². The molecule has 98 valence electrons. The largest absolute Gasteiger partial charge is 0.497 e. The van der Waals surface area contributed by atoms with Gasteiger partial charge in [-0.15, -0.1) is 0 Å². The predicted octanol–water partition coefficient (Wildman–Crippen LogP) is 2.20. The molecule has 0 amide bonds. The highest BCUT2D eigenvalue weighted by atomic mass is 19.1. The molecule has 5 heteroatoms. The fourth-order valence-corrected chi connectivity index (χ4v) is 1.87. The standard InChI is InChI=1S/C13H18FN3O/c1-4-17(2)6-5-12-10-7-9(18-3)8-11(14)13(10)16-15-12/h7-8H,4-6H2,1-3H3,(H,15,16). The Morgan fingerprint density at radius 3 is 2.89 bits per heavy atom. The van der Waals surface area contributed by atoms with Gasteiger partial charge in [-0.1, -0.05) is 6.92 Å². The lowest BCUT2D eigenvalue weighted by molar-refractivity contribution is 0.356. The smallest absolute Gasteiger partial charge is 0.154 e. The summed E-state index contributed by atoms with van der Waals surface area (Å²) in [5.74, 6) is 0.169. The van der Waals surface area contributed by atoms with E-state index < -0.39 is 0 Å². The average molecular weight is 251 g/mol. The van der Waals surface area contributed by atoms with Crippen LogP contribution in [-0.4, -0.2) is 42.3 Å². The van der Waals surface area contributed by atoms with Gasteiger partial charge >= 0.3 is 0 Å². The van der Waals surface area contributed by atoms with E-state index in [1.165, 1.54) is 13.2 Å². The number of fused-ring (bicyclic) bond motifs is 1. The highest BCUT2D eigenvalue weighted by Crippen LogP contribution is 2.25. The third-order valence-electron chi connectivity index (χ3n) is 3.18. The van der Waals surface area contributed by atoms with E-state index in [1.54, 1.807) is 0 Å². The lowest BCUT2D eigenvalue weighted by atomic mass is 10.1. The molecule has 0 saturated carbocycles. The van der Waals surface area contributed by atoms with Crippen molar-refractivity contribution in [1.82, 2.24) is 15.1 Å². The first-order chi connectivity index (χ1) is 8.65. The average Bonchev–Trinajstić information content (AvgIpc) is 2.79. The van der Waals surface area contributed by atoms with Gasteiger partial charge in [-0.3, -0.25) is 5.10 Å². The second kappa shape index (κ2) is 5.35. The van der Waals surface area contributed by atoms with E-state index in [9.17, 15) is 4.39 Å². The van der Waals surface area contributed by atoms with Crippen molar-refractivity contribution in [3.8, 4) is 5.75 Å². The molecule has 18 heavy (non-hydrogen) atoms. The van der Waals surface area contributed by atoms with E-state index in [-0.39, 0.29) is 5.82 Å². The number of likely N-dealkylation sites (N-methyl/N-ethyl adjacent to an activating group) is 1. The zero-order chi connectivity index (χ0) is 13.1. The summed E-state index contributed by atoms with van der Waals surface area (Å²) >= 11 is 0. The molecule has 0 saturated heterocycles. The normalized spacial score (nSPS) is 11.4. The Hall–Kier alpha value is -1.62. The predicted molar refractivity (Wildman–Crippen MR) is 69.5 cm³/mol. The van der Waals surface area contributed by atoms with Gasteiger partial charge in [0.25, 0.3) is 0 Å². The van der Waals surface area contributed by atoms with Crippen molar-refractivity contribution in [1.29, 1.82) is 0 Å². The number of hydrogen-bond donors (Lipinski definition) is 1. The van der Waals surface area contributed by atoms with Crippen LogP contribution in [0.5, 0.6) is 5.75 Å². The third kappa shape index (κ3) is 2.46. The Morgan fingerprint density at radius 2 is 2.22 bits per heavy atom. The van der Waals surface area contributed by atoms with E-state index in [0.29, 0.717) is 11.3 Å². The summed E-state index contributed by atoms with van der Waals surface area (Å²) in [6, 6.07) is 3.17. The Labute approximate surface area is 106 Å². The molecule has 2 rings (SSSR count). The molecule has 0 spiro atoms. The number of methoxy groups -OCH3 is 1. The van der Waals surface area contributed by atoms with Crippen molar-refractivity contribution in [3.63, 3.8) is 0 Å². The first-order valence-electron chi connectivity index (χ1n) is 6.04. The maximum absolute atomic E-state index is 13.7. The topological polar surface area (TPSA) is 41.2 Å². The van der Waals surface area contributed by atoms with Crippen LogP contribution < -0.4 is 4.74 Å². The molecule has 1 N–H and O–H groups in total. The number of ether oxygens (including phenoxy) is 1. The minimum atomic E-state index is -0.351. The van der Waals surface area contributed by atoms with Crippen molar-refractivity contribution < 1.29 is 9.13 Å². The van der Waals surface area contributed by atoms with Crippen LogP contribution in [0, 0.1) is 5.82 Å².